The molecule has 1 atom stereocenters. The van der Waals surface area contributed by atoms with Crippen LogP contribution in [0.15, 0.2) is 51.5 Å². The minimum atomic E-state index is -0.287. The summed E-state index contributed by atoms with van der Waals surface area (Å²) in [7, 11) is 0. The summed E-state index contributed by atoms with van der Waals surface area (Å²) >= 11 is 0. The zero-order valence-corrected chi connectivity index (χ0v) is 16.0. The molecule has 1 N–H and O–H groups in total. The Labute approximate surface area is 158 Å². The Balaban J connectivity index is 2.00. The van der Waals surface area contributed by atoms with Gasteiger partial charge >= 0.3 is 0 Å². The fourth-order valence-electron chi connectivity index (χ4n) is 3.36. The summed E-state index contributed by atoms with van der Waals surface area (Å²) < 4.78 is 0. The molecule has 0 aliphatic carbocycles. The first kappa shape index (κ1) is 18.6. The molecule has 1 aromatic carbocycles. The van der Waals surface area contributed by atoms with E-state index in [1.165, 1.54) is 11.1 Å². The van der Waals surface area contributed by atoms with E-state index in [1.54, 1.807) is 20.8 Å². The summed E-state index contributed by atoms with van der Waals surface area (Å²) in [6.07, 6.45) is 0.824. The molecule has 0 spiro atoms. The van der Waals surface area contributed by atoms with Crippen molar-refractivity contribution >= 4 is 24.3 Å². The predicted octanol–water partition coefficient (Wildman–Crippen LogP) is 2.77. The van der Waals surface area contributed by atoms with Crippen LogP contribution < -0.4 is 15.5 Å². The second-order valence-electron chi connectivity index (χ2n) is 6.73. The van der Waals surface area contributed by atoms with Crippen LogP contribution in [0, 0.1) is 6.92 Å². The first-order valence-electron chi connectivity index (χ1n) is 8.77. The number of amides is 1. The number of hydrogen-bond acceptors (Lipinski definition) is 5. The lowest BCUT2D eigenvalue weighted by atomic mass is 10.1. The third kappa shape index (κ3) is 3.40. The number of anilines is 2. The number of nitrogens with zero attached hydrogens (tertiary/aromatic N) is 4. The summed E-state index contributed by atoms with van der Waals surface area (Å²) in [5, 5.41) is 5.34. The molecular formula is C20H23N5O2. The fourth-order valence-corrected chi connectivity index (χ4v) is 3.36. The smallest absolute Gasteiger partial charge is 0.256 e. The summed E-state index contributed by atoms with van der Waals surface area (Å²) in [5.41, 5.74) is 3.43. The number of nitrogens with one attached hydrogen (secondary N) is 1. The van der Waals surface area contributed by atoms with Crippen LogP contribution in [0.5, 0.6) is 0 Å². The van der Waals surface area contributed by atoms with Crippen molar-refractivity contribution in [3.8, 4) is 0 Å². The zero-order chi connectivity index (χ0) is 19.7. The summed E-state index contributed by atoms with van der Waals surface area (Å²) in [4.78, 5) is 33.7. The molecular weight excluding hydrogens is 342 g/mol. The fraction of sp³-hybridized carbons (Fsp3) is 0.300. The highest BCUT2D eigenvalue weighted by Crippen LogP contribution is 2.33. The molecule has 0 saturated heterocycles. The molecule has 1 amide bonds. The maximum absolute atomic E-state index is 13.2. The Morgan fingerprint density at radius 3 is 2.74 bits per heavy atom. The summed E-state index contributed by atoms with van der Waals surface area (Å²) in [6, 6.07) is 9.38. The van der Waals surface area contributed by atoms with Gasteiger partial charge in [-0.05, 0) is 45.7 Å². The van der Waals surface area contributed by atoms with Crippen molar-refractivity contribution in [3.63, 3.8) is 0 Å². The van der Waals surface area contributed by atoms with Crippen LogP contribution in [-0.2, 0) is 11.2 Å². The molecule has 140 valence electrons. The van der Waals surface area contributed by atoms with Crippen molar-refractivity contribution < 1.29 is 4.79 Å². The van der Waals surface area contributed by atoms with Gasteiger partial charge in [-0.1, -0.05) is 18.2 Å². The van der Waals surface area contributed by atoms with E-state index >= 15 is 0 Å². The number of hydrazone groups is 1. The average molecular weight is 365 g/mol. The molecule has 3 rings (SSSR count). The van der Waals surface area contributed by atoms with Crippen LogP contribution >= 0.6 is 0 Å². The molecule has 0 saturated carbocycles. The molecule has 27 heavy (non-hydrogen) atoms. The normalized spacial score (nSPS) is 16.6. The van der Waals surface area contributed by atoms with Gasteiger partial charge in [0.1, 0.15) is 0 Å². The predicted molar refractivity (Wildman–Crippen MR) is 107 cm³/mol. The number of carbonyl (C=O) groups excluding carboxylic acids is 1. The van der Waals surface area contributed by atoms with Gasteiger partial charge in [-0.2, -0.15) is 5.10 Å². The first-order chi connectivity index (χ1) is 12.8. The van der Waals surface area contributed by atoms with Crippen LogP contribution in [0.4, 0.5) is 11.6 Å². The molecule has 2 aromatic rings. The zero-order valence-electron chi connectivity index (χ0n) is 16.0. The van der Waals surface area contributed by atoms with E-state index in [1.807, 2.05) is 36.1 Å². The van der Waals surface area contributed by atoms with Crippen LogP contribution in [0.2, 0.25) is 0 Å². The number of carbonyl (C=O) groups is 1. The second-order valence-corrected chi connectivity index (χ2v) is 6.73. The monoisotopic (exact) mass is 365 g/mol. The lowest BCUT2D eigenvalue weighted by Crippen LogP contribution is -2.37. The number of H-pyrrole nitrogens is 1. The first-order valence-corrected chi connectivity index (χ1v) is 8.77. The number of aromatic nitrogens is 2. The van der Waals surface area contributed by atoms with Gasteiger partial charge in [0, 0.05) is 35.8 Å². The van der Waals surface area contributed by atoms with Crippen LogP contribution in [0.25, 0.3) is 0 Å². The van der Waals surface area contributed by atoms with E-state index in [0.29, 0.717) is 17.0 Å². The van der Waals surface area contributed by atoms with E-state index in [0.717, 1.165) is 17.7 Å². The summed E-state index contributed by atoms with van der Waals surface area (Å²) in [6.45, 7) is 10.8. The van der Waals surface area contributed by atoms with E-state index < -0.39 is 0 Å². The number of aryl methyl sites for hydroxylation is 1. The number of rotatable bonds is 4. The van der Waals surface area contributed by atoms with Gasteiger partial charge in [0.25, 0.3) is 11.5 Å². The van der Waals surface area contributed by atoms with Crippen LogP contribution in [-0.4, -0.2) is 28.6 Å². The highest BCUT2D eigenvalue weighted by Gasteiger charge is 2.32. The van der Waals surface area contributed by atoms with Crippen molar-refractivity contribution in [2.75, 3.05) is 9.91 Å². The highest BCUT2D eigenvalue weighted by atomic mass is 16.2. The number of aromatic amines is 1. The lowest BCUT2D eigenvalue weighted by molar-refractivity contribution is -0.115. The van der Waals surface area contributed by atoms with Gasteiger partial charge in [0.05, 0.1) is 5.70 Å². The molecule has 2 heterocycles. The lowest BCUT2D eigenvalue weighted by Gasteiger charge is -2.26. The minimum Gasteiger partial charge on any atom is -0.305 e. The Hall–Kier alpha value is -3.22. The molecule has 1 aliphatic rings. The van der Waals surface area contributed by atoms with Gasteiger partial charge in [0.2, 0.25) is 5.95 Å². The van der Waals surface area contributed by atoms with Crippen molar-refractivity contribution in [2.24, 2.45) is 5.10 Å². The Morgan fingerprint density at radius 1 is 1.37 bits per heavy atom. The van der Waals surface area contributed by atoms with Crippen molar-refractivity contribution in [3.05, 3.63) is 63.2 Å². The Kier molecular flexibility index (Phi) is 4.94. The van der Waals surface area contributed by atoms with Crippen molar-refractivity contribution in [1.82, 2.24) is 9.97 Å². The molecule has 0 bridgehead atoms. The number of hydrogen-bond donors (Lipinski definition) is 1. The average Bonchev–Trinajstić information content (AvgIpc) is 2.95. The van der Waals surface area contributed by atoms with Crippen LogP contribution in [0.3, 0.4) is 0 Å². The summed E-state index contributed by atoms with van der Waals surface area (Å²) in [5.74, 6) is 0.128. The van der Waals surface area contributed by atoms with Crippen molar-refractivity contribution in [1.29, 1.82) is 0 Å². The Bertz CT molecular complexity index is 992. The number of fused-ring (bicyclic) bond motifs is 1. The van der Waals surface area contributed by atoms with Gasteiger partial charge in [-0.25, -0.2) is 9.99 Å². The van der Waals surface area contributed by atoms with Gasteiger partial charge in [-0.3, -0.25) is 14.6 Å². The molecule has 1 aliphatic heterocycles. The molecule has 0 radical (unpaired) electrons. The maximum atomic E-state index is 13.2. The molecule has 0 fully saturated rings. The molecule has 1 aromatic heterocycles. The third-order valence-corrected chi connectivity index (χ3v) is 4.81. The third-order valence-electron chi connectivity index (χ3n) is 4.81. The van der Waals surface area contributed by atoms with E-state index in [2.05, 4.69) is 21.8 Å². The SMILES string of the molecule is C=NN(/C(C)=C(\C)C(=O)N1c2ccccc2CC1C)c1nc(C)cc(=O)[nH]1. The molecule has 7 heteroatoms. The largest absolute Gasteiger partial charge is 0.305 e. The van der Waals surface area contributed by atoms with E-state index in [4.69, 9.17) is 0 Å². The van der Waals surface area contributed by atoms with Crippen molar-refractivity contribution in [2.45, 2.75) is 40.2 Å². The quantitative estimate of drug-likeness (QED) is 0.513. The second kappa shape index (κ2) is 7.19. The molecule has 7 nitrogen and oxygen atoms in total. The van der Waals surface area contributed by atoms with Gasteiger partial charge in [-0.15, -0.1) is 0 Å². The maximum Gasteiger partial charge on any atom is 0.256 e. The Morgan fingerprint density at radius 2 is 2.07 bits per heavy atom. The van der Waals surface area contributed by atoms with Gasteiger partial charge < -0.3 is 4.90 Å². The van der Waals surface area contributed by atoms with Gasteiger partial charge in [0.15, 0.2) is 0 Å². The van der Waals surface area contributed by atoms with E-state index in [-0.39, 0.29) is 23.5 Å². The minimum absolute atomic E-state index is 0.0692. The van der Waals surface area contributed by atoms with Crippen LogP contribution in [0.1, 0.15) is 32.0 Å². The topological polar surface area (TPSA) is 81.7 Å². The number of allylic oxidation sites excluding steroid dienone is 1. The molecule has 1 unspecified atom stereocenters. The number of para-hydroxylation sites is 1. The number of benzene rings is 1. The van der Waals surface area contributed by atoms with E-state index in [9.17, 15) is 9.59 Å². The highest BCUT2D eigenvalue weighted by molar-refractivity contribution is 6.07. The standard InChI is InChI=1S/C20H23N5O2/c1-12-10-18(26)23-20(22-12)25(21-5)15(4)14(3)19(27)24-13(2)11-16-8-6-7-9-17(16)24/h6-10,13H,5,11H2,1-4H3,(H,22,23,26)/b15-14+.